The van der Waals surface area contributed by atoms with E-state index in [4.69, 9.17) is 0 Å². The number of hydrogen-bond donors (Lipinski definition) is 0. The van der Waals surface area contributed by atoms with Gasteiger partial charge in [0.2, 0.25) is 0 Å². The summed E-state index contributed by atoms with van der Waals surface area (Å²) in [6.45, 7) is 1.93. The van der Waals surface area contributed by atoms with Crippen LogP contribution in [-0.4, -0.2) is 5.97 Å². The fourth-order valence-corrected chi connectivity index (χ4v) is 0.932. The first-order chi connectivity index (χ1) is 5.70. The number of aliphatic carboxylic acids is 1. The Hall–Kier alpha value is -0.570. The Kier molecular flexibility index (Phi) is 5.71. The first kappa shape index (κ1) is 12.4. The zero-order chi connectivity index (χ0) is 8.97. The SMILES string of the molecule is Cc1ccccc1/C=C/C(=O)[O-].[Na+]. The third kappa shape index (κ3) is 4.27. The van der Waals surface area contributed by atoms with Crippen LogP contribution >= 0.6 is 0 Å². The van der Waals surface area contributed by atoms with E-state index in [9.17, 15) is 9.90 Å². The normalized spacial score (nSPS) is 9.62. The van der Waals surface area contributed by atoms with E-state index in [1.807, 2.05) is 31.2 Å². The largest absolute Gasteiger partial charge is 1.00 e. The van der Waals surface area contributed by atoms with Crippen molar-refractivity contribution in [1.82, 2.24) is 0 Å². The molecule has 0 atom stereocenters. The van der Waals surface area contributed by atoms with Gasteiger partial charge in [0.05, 0.1) is 5.97 Å². The molecule has 0 aliphatic rings. The van der Waals surface area contributed by atoms with Crippen molar-refractivity contribution in [3.05, 3.63) is 41.5 Å². The van der Waals surface area contributed by atoms with Crippen LogP contribution < -0.4 is 34.7 Å². The van der Waals surface area contributed by atoms with Crippen LogP contribution in [0.4, 0.5) is 0 Å². The second-order valence-corrected chi connectivity index (χ2v) is 2.51. The van der Waals surface area contributed by atoms with Crippen molar-refractivity contribution in [1.29, 1.82) is 0 Å². The molecule has 0 saturated carbocycles. The minimum atomic E-state index is -1.17. The van der Waals surface area contributed by atoms with Gasteiger partial charge in [-0.25, -0.2) is 0 Å². The van der Waals surface area contributed by atoms with Crippen molar-refractivity contribution >= 4 is 12.0 Å². The Morgan fingerprint density at radius 1 is 1.38 bits per heavy atom. The van der Waals surface area contributed by atoms with Crippen LogP contribution in [0.15, 0.2) is 30.3 Å². The zero-order valence-electron chi connectivity index (χ0n) is 7.78. The molecule has 0 saturated heterocycles. The summed E-state index contributed by atoms with van der Waals surface area (Å²) in [5.74, 6) is -1.17. The number of benzene rings is 1. The maximum atomic E-state index is 10.1. The Morgan fingerprint density at radius 2 is 2.00 bits per heavy atom. The van der Waals surface area contributed by atoms with E-state index in [0.717, 1.165) is 17.2 Å². The predicted molar refractivity (Wildman–Crippen MR) is 45.2 cm³/mol. The number of carboxylic acid groups (broad SMARTS) is 1. The number of carboxylic acids is 1. The molecule has 0 N–H and O–H groups in total. The molecule has 0 unspecified atom stereocenters. The molecule has 0 radical (unpaired) electrons. The maximum absolute atomic E-state index is 10.1. The third-order valence-corrected chi connectivity index (χ3v) is 1.59. The van der Waals surface area contributed by atoms with Gasteiger partial charge in [-0.2, -0.15) is 0 Å². The molecule has 0 aliphatic heterocycles. The molecule has 62 valence electrons. The molecule has 1 aromatic rings. The molecule has 1 rings (SSSR count). The third-order valence-electron chi connectivity index (χ3n) is 1.59. The number of aryl methyl sites for hydroxylation is 1. The monoisotopic (exact) mass is 184 g/mol. The maximum Gasteiger partial charge on any atom is 1.00 e. The van der Waals surface area contributed by atoms with E-state index >= 15 is 0 Å². The quantitative estimate of drug-likeness (QED) is 0.385. The van der Waals surface area contributed by atoms with Gasteiger partial charge in [-0.3, -0.25) is 0 Å². The van der Waals surface area contributed by atoms with Gasteiger partial charge in [0, 0.05) is 0 Å². The van der Waals surface area contributed by atoms with Crippen molar-refractivity contribution in [2.45, 2.75) is 6.92 Å². The molecule has 1 aromatic carbocycles. The van der Waals surface area contributed by atoms with Crippen LogP contribution in [0, 0.1) is 6.92 Å². The fraction of sp³-hybridized carbons (Fsp3) is 0.100. The average Bonchev–Trinajstić information content (AvgIpc) is 2.03. The van der Waals surface area contributed by atoms with E-state index in [1.165, 1.54) is 6.08 Å². The van der Waals surface area contributed by atoms with Gasteiger partial charge in [-0.15, -0.1) is 0 Å². The minimum absolute atomic E-state index is 0. The van der Waals surface area contributed by atoms with Crippen LogP contribution in [0.5, 0.6) is 0 Å². The molecule has 0 aromatic heterocycles. The zero-order valence-corrected chi connectivity index (χ0v) is 9.78. The van der Waals surface area contributed by atoms with Gasteiger partial charge in [0.25, 0.3) is 0 Å². The van der Waals surface area contributed by atoms with Gasteiger partial charge in [-0.05, 0) is 24.1 Å². The van der Waals surface area contributed by atoms with Crippen LogP contribution in [0.3, 0.4) is 0 Å². The molecule has 0 amide bonds. The Morgan fingerprint density at radius 3 is 2.54 bits per heavy atom. The molecule has 0 bridgehead atoms. The van der Waals surface area contributed by atoms with Crippen molar-refractivity contribution in [3.8, 4) is 0 Å². The summed E-state index contributed by atoms with van der Waals surface area (Å²) in [5, 5.41) is 10.1. The summed E-state index contributed by atoms with van der Waals surface area (Å²) in [6, 6.07) is 7.55. The van der Waals surface area contributed by atoms with E-state index in [2.05, 4.69) is 0 Å². The Bertz CT molecular complexity index is 318. The number of hydrogen-bond acceptors (Lipinski definition) is 2. The second-order valence-electron chi connectivity index (χ2n) is 2.51. The molecule has 0 aliphatic carbocycles. The molecule has 0 heterocycles. The minimum Gasteiger partial charge on any atom is -0.545 e. The van der Waals surface area contributed by atoms with Gasteiger partial charge in [0.1, 0.15) is 0 Å². The summed E-state index contributed by atoms with van der Waals surface area (Å²) >= 11 is 0. The molecular formula is C10H9NaO2. The van der Waals surface area contributed by atoms with E-state index in [0.29, 0.717) is 0 Å². The molecule has 0 fully saturated rings. The van der Waals surface area contributed by atoms with E-state index < -0.39 is 5.97 Å². The van der Waals surface area contributed by atoms with Crippen molar-refractivity contribution < 1.29 is 39.5 Å². The molecule has 13 heavy (non-hydrogen) atoms. The van der Waals surface area contributed by atoms with Crippen molar-refractivity contribution in [3.63, 3.8) is 0 Å². The summed E-state index contributed by atoms with van der Waals surface area (Å²) in [5.41, 5.74) is 1.96. The Balaban J connectivity index is 0.00000144. The van der Waals surface area contributed by atoms with Gasteiger partial charge in [0.15, 0.2) is 0 Å². The fourth-order valence-electron chi connectivity index (χ4n) is 0.932. The summed E-state index contributed by atoms with van der Waals surface area (Å²) in [6.07, 6.45) is 2.56. The smallest absolute Gasteiger partial charge is 0.545 e. The number of rotatable bonds is 2. The first-order valence-corrected chi connectivity index (χ1v) is 3.65. The van der Waals surface area contributed by atoms with Crippen molar-refractivity contribution in [2.24, 2.45) is 0 Å². The van der Waals surface area contributed by atoms with E-state index in [-0.39, 0.29) is 29.6 Å². The topological polar surface area (TPSA) is 40.1 Å². The molecule has 3 heteroatoms. The molecule has 0 spiro atoms. The number of carbonyl (C=O) groups excluding carboxylic acids is 1. The van der Waals surface area contributed by atoms with Gasteiger partial charge in [-0.1, -0.05) is 30.3 Å². The first-order valence-electron chi connectivity index (χ1n) is 3.65. The summed E-state index contributed by atoms with van der Waals surface area (Å²) < 4.78 is 0. The van der Waals surface area contributed by atoms with Crippen LogP contribution in [0.2, 0.25) is 0 Å². The van der Waals surface area contributed by atoms with Crippen molar-refractivity contribution in [2.75, 3.05) is 0 Å². The average molecular weight is 184 g/mol. The molecular weight excluding hydrogens is 175 g/mol. The van der Waals surface area contributed by atoms with Crippen LogP contribution in [0.25, 0.3) is 6.08 Å². The van der Waals surface area contributed by atoms with Gasteiger partial charge < -0.3 is 9.90 Å². The van der Waals surface area contributed by atoms with Crippen LogP contribution in [0.1, 0.15) is 11.1 Å². The summed E-state index contributed by atoms with van der Waals surface area (Å²) in [7, 11) is 0. The Labute approximate surface area is 99.6 Å². The standard InChI is InChI=1S/C10H10O2.Na/c1-8-4-2-3-5-9(8)6-7-10(11)12;/h2-7H,1H3,(H,11,12);/q;+1/p-1/b7-6+;. The van der Waals surface area contributed by atoms with E-state index in [1.54, 1.807) is 0 Å². The summed E-state index contributed by atoms with van der Waals surface area (Å²) in [4.78, 5) is 10.1. The number of carbonyl (C=O) groups is 1. The second kappa shape index (κ2) is 5.97. The predicted octanol–water partition coefficient (Wildman–Crippen LogP) is -2.24. The van der Waals surface area contributed by atoms with Crippen LogP contribution in [-0.2, 0) is 4.79 Å². The van der Waals surface area contributed by atoms with Gasteiger partial charge >= 0.3 is 29.6 Å². The molecule has 2 nitrogen and oxygen atoms in total.